The van der Waals surface area contributed by atoms with Crippen molar-refractivity contribution in [2.75, 3.05) is 0 Å². The number of nitrogens with zero attached hydrogens (tertiary/aromatic N) is 1. The van der Waals surface area contributed by atoms with Gasteiger partial charge in [-0.15, -0.1) is 0 Å². The lowest BCUT2D eigenvalue weighted by Crippen LogP contribution is -2.47. The first-order valence-corrected chi connectivity index (χ1v) is 10.2. The second kappa shape index (κ2) is 9.34. The monoisotopic (exact) mass is 421 g/mol. The fourth-order valence-electron chi connectivity index (χ4n) is 2.87. The standard InChI is InChI=1S/C20H23NO5S2/c1-5-14(12(4)22)26-15-9-7-6-8-13(15)10-16-18(23)21(20(27)28-16)17(11(2)3)19(24)25/h6-11,14,17H,5H2,1-4H3,(H,24,25)/b16-10-. The highest BCUT2D eigenvalue weighted by Gasteiger charge is 2.42. The van der Waals surface area contributed by atoms with Gasteiger partial charge in [0.15, 0.2) is 11.9 Å². The van der Waals surface area contributed by atoms with Crippen LogP contribution in [-0.4, -0.2) is 44.1 Å². The van der Waals surface area contributed by atoms with E-state index in [1.165, 1.54) is 6.92 Å². The number of carboxylic acids is 1. The highest BCUT2D eigenvalue weighted by atomic mass is 32.2. The van der Waals surface area contributed by atoms with Crippen LogP contribution >= 0.6 is 24.0 Å². The Balaban J connectivity index is 2.37. The molecule has 1 aromatic carbocycles. The molecule has 1 heterocycles. The number of carboxylic acid groups (broad SMARTS) is 1. The Morgan fingerprint density at radius 3 is 2.50 bits per heavy atom. The van der Waals surface area contributed by atoms with E-state index in [-0.39, 0.29) is 16.0 Å². The maximum atomic E-state index is 12.9. The van der Waals surface area contributed by atoms with Gasteiger partial charge in [0.25, 0.3) is 5.91 Å². The van der Waals surface area contributed by atoms with E-state index >= 15 is 0 Å². The molecule has 0 spiro atoms. The van der Waals surface area contributed by atoms with E-state index in [1.54, 1.807) is 44.2 Å². The average molecular weight is 422 g/mol. The van der Waals surface area contributed by atoms with Gasteiger partial charge in [0, 0.05) is 5.56 Å². The third-order valence-electron chi connectivity index (χ3n) is 4.29. The number of aliphatic carboxylic acids is 1. The van der Waals surface area contributed by atoms with Crippen molar-refractivity contribution in [3.8, 4) is 5.75 Å². The van der Waals surface area contributed by atoms with Crippen LogP contribution in [0.5, 0.6) is 5.75 Å². The molecule has 1 saturated heterocycles. The number of ketones is 1. The van der Waals surface area contributed by atoms with E-state index in [9.17, 15) is 19.5 Å². The third-order valence-corrected chi connectivity index (χ3v) is 5.62. The average Bonchev–Trinajstić information content (AvgIpc) is 2.88. The summed E-state index contributed by atoms with van der Waals surface area (Å²) in [6, 6.07) is 6.05. The number of hydrogen-bond donors (Lipinski definition) is 1. The van der Waals surface area contributed by atoms with Crippen molar-refractivity contribution in [2.24, 2.45) is 5.92 Å². The molecule has 1 N–H and O–H groups in total. The molecule has 0 bridgehead atoms. The van der Waals surface area contributed by atoms with Crippen LogP contribution in [-0.2, 0) is 14.4 Å². The van der Waals surface area contributed by atoms with Crippen molar-refractivity contribution in [1.29, 1.82) is 0 Å². The number of thioether (sulfide) groups is 1. The van der Waals surface area contributed by atoms with Gasteiger partial charge >= 0.3 is 5.97 Å². The molecule has 1 aliphatic heterocycles. The van der Waals surface area contributed by atoms with Crippen LogP contribution in [0.3, 0.4) is 0 Å². The van der Waals surface area contributed by atoms with Crippen LogP contribution in [0.15, 0.2) is 29.2 Å². The molecule has 1 amide bonds. The van der Waals surface area contributed by atoms with Gasteiger partial charge in [-0.1, -0.05) is 63.0 Å². The predicted octanol–water partition coefficient (Wildman–Crippen LogP) is 3.74. The minimum Gasteiger partial charge on any atom is -0.482 e. The minimum absolute atomic E-state index is 0.0788. The van der Waals surface area contributed by atoms with E-state index < -0.39 is 24.0 Å². The van der Waals surface area contributed by atoms with E-state index in [4.69, 9.17) is 17.0 Å². The summed E-state index contributed by atoms with van der Waals surface area (Å²) in [6.07, 6.45) is 1.59. The first-order valence-electron chi connectivity index (χ1n) is 8.93. The molecule has 150 valence electrons. The smallest absolute Gasteiger partial charge is 0.327 e. The van der Waals surface area contributed by atoms with Crippen molar-refractivity contribution < 1.29 is 24.2 Å². The van der Waals surface area contributed by atoms with Gasteiger partial charge in [-0.25, -0.2) is 4.79 Å². The number of benzene rings is 1. The fraction of sp³-hybridized carbons (Fsp3) is 0.400. The molecule has 8 heteroatoms. The summed E-state index contributed by atoms with van der Waals surface area (Å²) >= 11 is 6.33. The van der Waals surface area contributed by atoms with Gasteiger partial charge in [0.1, 0.15) is 16.1 Å². The quantitative estimate of drug-likeness (QED) is 0.505. The van der Waals surface area contributed by atoms with Crippen molar-refractivity contribution >= 4 is 52.0 Å². The summed E-state index contributed by atoms with van der Waals surface area (Å²) < 4.78 is 6.04. The zero-order valence-electron chi connectivity index (χ0n) is 16.2. The van der Waals surface area contributed by atoms with Crippen LogP contribution in [0.4, 0.5) is 0 Å². The van der Waals surface area contributed by atoms with Crippen molar-refractivity contribution in [1.82, 2.24) is 4.90 Å². The molecular formula is C20H23NO5S2. The first-order chi connectivity index (χ1) is 13.2. The molecular weight excluding hydrogens is 398 g/mol. The normalized spacial score (nSPS) is 17.9. The lowest BCUT2D eigenvalue weighted by atomic mass is 10.0. The number of amides is 1. The van der Waals surface area contributed by atoms with E-state index in [0.29, 0.717) is 22.6 Å². The van der Waals surface area contributed by atoms with Crippen LogP contribution in [0.25, 0.3) is 6.08 Å². The molecule has 0 aromatic heterocycles. The Labute approximate surface area is 173 Å². The molecule has 6 nitrogen and oxygen atoms in total. The molecule has 1 aromatic rings. The van der Waals surface area contributed by atoms with Crippen molar-refractivity contribution in [3.05, 3.63) is 34.7 Å². The summed E-state index contributed by atoms with van der Waals surface area (Å²) in [5.41, 5.74) is 0.624. The molecule has 1 fully saturated rings. The Bertz CT molecular complexity index is 834. The summed E-state index contributed by atoms with van der Waals surface area (Å²) in [7, 11) is 0. The number of carbonyl (C=O) groups is 3. The van der Waals surface area contributed by atoms with Crippen molar-refractivity contribution in [2.45, 2.75) is 46.3 Å². The molecule has 0 saturated carbocycles. The van der Waals surface area contributed by atoms with Gasteiger partial charge < -0.3 is 9.84 Å². The molecule has 0 radical (unpaired) electrons. The molecule has 28 heavy (non-hydrogen) atoms. The largest absolute Gasteiger partial charge is 0.482 e. The molecule has 2 unspecified atom stereocenters. The maximum absolute atomic E-state index is 12.9. The van der Waals surface area contributed by atoms with Gasteiger partial charge in [0.2, 0.25) is 0 Å². The predicted molar refractivity (Wildman–Crippen MR) is 113 cm³/mol. The minimum atomic E-state index is -1.09. The summed E-state index contributed by atoms with van der Waals surface area (Å²) in [5, 5.41) is 9.50. The first kappa shape index (κ1) is 22.1. The Hall–Kier alpha value is -2.19. The van der Waals surface area contributed by atoms with E-state index in [0.717, 1.165) is 16.7 Å². The second-order valence-corrected chi connectivity index (χ2v) is 8.42. The SMILES string of the molecule is CCC(Oc1ccccc1/C=C1\SC(=S)N(C(C(=O)O)C(C)C)C1=O)C(C)=O. The molecule has 2 rings (SSSR count). The number of thiocarbonyl (C=S) groups is 1. The Morgan fingerprint density at radius 2 is 1.96 bits per heavy atom. The lowest BCUT2D eigenvalue weighted by Gasteiger charge is -2.26. The summed E-state index contributed by atoms with van der Waals surface area (Å²) in [4.78, 5) is 37.7. The number of hydrogen-bond acceptors (Lipinski definition) is 6. The number of rotatable bonds is 8. The topological polar surface area (TPSA) is 83.9 Å². The third kappa shape index (κ3) is 4.80. The van der Waals surface area contributed by atoms with E-state index in [2.05, 4.69) is 0 Å². The number of carbonyl (C=O) groups excluding carboxylic acids is 2. The van der Waals surface area contributed by atoms with Crippen molar-refractivity contribution in [3.63, 3.8) is 0 Å². The lowest BCUT2D eigenvalue weighted by molar-refractivity contribution is -0.146. The Kier molecular flexibility index (Phi) is 7.37. The van der Waals surface area contributed by atoms with Crippen LogP contribution in [0.2, 0.25) is 0 Å². The van der Waals surface area contributed by atoms with Gasteiger partial charge in [-0.2, -0.15) is 0 Å². The van der Waals surface area contributed by atoms with Crippen LogP contribution in [0, 0.1) is 5.92 Å². The van der Waals surface area contributed by atoms with Gasteiger partial charge in [-0.05, 0) is 31.4 Å². The Morgan fingerprint density at radius 1 is 1.32 bits per heavy atom. The van der Waals surface area contributed by atoms with E-state index in [1.807, 2.05) is 6.92 Å². The van der Waals surface area contributed by atoms with Crippen LogP contribution in [0.1, 0.15) is 39.7 Å². The van der Waals surface area contributed by atoms with Gasteiger partial charge in [0.05, 0.1) is 4.91 Å². The molecule has 1 aliphatic rings. The zero-order chi connectivity index (χ0) is 21.0. The van der Waals surface area contributed by atoms with Crippen LogP contribution < -0.4 is 4.74 Å². The number of Topliss-reactive ketones (excluding diaryl/α,β-unsaturated/α-hetero) is 1. The summed E-state index contributed by atoms with van der Waals surface area (Å²) in [5.74, 6) is -1.43. The highest BCUT2D eigenvalue weighted by Crippen LogP contribution is 2.36. The van der Waals surface area contributed by atoms with Gasteiger partial charge in [-0.3, -0.25) is 14.5 Å². The second-order valence-electron chi connectivity index (χ2n) is 6.74. The highest BCUT2D eigenvalue weighted by molar-refractivity contribution is 8.26. The number of ether oxygens (including phenoxy) is 1. The number of para-hydroxylation sites is 1. The molecule has 0 aliphatic carbocycles. The zero-order valence-corrected chi connectivity index (χ0v) is 17.8. The summed E-state index contributed by atoms with van der Waals surface area (Å²) in [6.45, 7) is 6.80. The fourth-order valence-corrected chi connectivity index (χ4v) is 4.19. The molecule has 2 atom stereocenters. The maximum Gasteiger partial charge on any atom is 0.327 e.